The van der Waals surface area contributed by atoms with E-state index in [2.05, 4.69) is 26.1 Å². The summed E-state index contributed by atoms with van der Waals surface area (Å²) in [6.45, 7) is 0.894. The molecular weight excluding hydrogens is 324 g/mol. The minimum atomic E-state index is -0.0813. The molecule has 100 valence electrons. The quantitative estimate of drug-likeness (QED) is 0.918. The average molecular weight is 339 g/mol. The summed E-state index contributed by atoms with van der Waals surface area (Å²) in [5.74, 6) is -0.0813. The van der Waals surface area contributed by atoms with Crippen LogP contribution in [0.15, 0.2) is 40.2 Å². The zero-order chi connectivity index (χ0) is 13.8. The molecule has 1 heterocycles. The summed E-state index contributed by atoms with van der Waals surface area (Å²) in [5.41, 5.74) is 2.04. The highest BCUT2D eigenvalue weighted by Gasteiger charge is 2.11. The Balaban J connectivity index is 2.04. The molecule has 2 aromatic rings. The summed E-state index contributed by atoms with van der Waals surface area (Å²) in [7, 11) is 4.06. The van der Waals surface area contributed by atoms with Crippen LogP contribution in [0, 0.1) is 0 Å². The zero-order valence-corrected chi connectivity index (χ0v) is 13.2. The Kier molecular flexibility index (Phi) is 4.74. The molecule has 1 aromatic carbocycles. The van der Waals surface area contributed by atoms with E-state index < -0.39 is 0 Å². The van der Waals surface area contributed by atoms with E-state index in [1.54, 1.807) is 0 Å². The van der Waals surface area contributed by atoms with Gasteiger partial charge in [-0.05, 0) is 59.2 Å². The number of hydrogen-bond donors (Lipinski definition) is 1. The van der Waals surface area contributed by atoms with Crippen molar-refractivity contribution in [1.82, 2.24) is 4.90 Å². The lowest BCUT2D eigenvalue weighted by Gasteiger charge is -2.10. The van der Waals surface area contributed by atoms with E-state index in [9.17, 15) is 4.79 Å². The molecule has 0 atom stereocenters. The predicted octanol–water partition coefficient (Wildman–Crippen LogP) is 3.82. The molecule has 0 unspecified atom stereocenters. The Morgan fingerprint density at radius 2 is 1.95 bits per heavy atom. The zero-order valence-electron chi connectivity index (χ0n) is 10.8. The number of amides is 1. The Hall–Kier alpha value is -1.17. The number of carbonyl (C=O) groups excluding carboxylic acids is 1. The molecule has 3 nitrogen and oxygen atoms in total. The normalized spacial score (nSPS) is 10.7. The number of hydrogen-bond acceptors (Lipinski definition) is 3. The van der Waals surface area contributed by atoms with Gasteiger partial charge in [0.2, 0.25) is 0 Å². The van der Waals surface area contributed by atoms with Gasteiger partial charge < -0.3 is 10.2 Å². The average Bonchev–Trinajstić information content (AvgIpc) is 2.77. The fourth-order valence-corrected chi connectivity index (χ4v) is 3.15. The number of benzene rings is 1. The molecule has 0 saturated carbocycles. The van der Waals surface area contributed by atoms with Crippen molar-refractivity contribution in [3.8, 4) is 0 Å². The monoisotopic (exact) mass is 338 g/mol. The SMILES string of the molecule is CN(C)Cc1ccc(NC(=O)c2sccc2Br)cc1. The summed E-state index contributed by atoms with van der Waals surface area (Å²) in [6, 6.07) is 9.79. The first-order valence-corrected chi connectivity index (χ1v) is 7.51. The maximum Gasteiger partial charge on any atom is 0.266 e. The maximum atomic E-state index is 12.0. The molecule has 0 aliphatic carbocycles. The van der Waals surface area contributed by atoms with Crippen LogP contribution >= 0.6 is 27.3 Å². The largest absolute Gasteiger partial charge is 0.321 e. The Morgan fingerprint density at radius 1 is 1.26 bits per heavy atom. The van der Waals surface area contributed by atoms with E-state index in [0.29, 0.717) is 4.88 Å². The molecule has 0 fully saturated rings. The number of rotatable bonds is 4. The van der Waals surface area contributed by atoms with Crippen LogP contribution in [-0.4, -0.2) is 24.9 Å². The molecule has 0 saturated heterocycles. The van der Waals surface area contributed by atoms with Gasteiger partial charge in [-0.2, -0.15) is 0 Å². The lowest BCUT2D eigenvalue weighted by molar-refractivity contribution is 0.103. The van der Waals surface area contributed by atoms with Gasteiger partial charge in [-0.1, -0.05) is 12.1 Å². The van der Waals surface area contributed by atoms with Crippen LogP contribution in [0.5, 0.6) is 0 Å². The lowest BCUT2D eigenvalue weighted by atomic mass is 10.2. The van der Waals surface area contributed by atoms with Gasteiger partial charge in [-0.15, -0.1) is 11.3 Å². The van der Waals surface area contributed by atoms with Crippen molar-refractivity contribution in [3.63, 3.8) is 0 Å². The molecule has 0 aliphatic rings. The van der Waals surface area contributed by atoms with Gasteiger partial charge in [-0.3, -0.25) is 4.79 Å². The van der Waals surface area contributed by atoms with Crippen molar-refractivity contribution in [1.29, 1.82) is 0 Å². The Bertz CT molecular complexity index is 563. The van der Waals surface area contributed by atoms with Gasteiger partial charge >= 0.3 is 0 Å². The lowest BCUT2D eigenvalue weighted by Crippen LogP contribution is -2.12. The molecule has 1 amide bonds. The van der Waals surface area contributed by atoms with Crippen molar-refractivity contribution in [2.45, 2.75) is 6.54 Å². The van der Waals surface area contributed by atoms with Gasteiger partial charge in [-0.25, -0.2) is 0 Å². The van der Waals surface area contributed by atoms with Crippen LogP contribution in [0.2, 0.25) is 0 Å². The number of halogens is 1. The number of anilines is 1. The molecule has 0 radical (unpaired) electrons. The highest BCUT2D eigenvalue weighted by atomic mass is 79.9. The molecule has 0 spiro atoms. The molecule has 0 aliphatic heterocycles. The van der Waals surface area contributed by atoms with E-state index in [1.165, 1.54) is 16.9 Å². The molecule has 19 heavy (non-hydrogen) atoms. The number of nitrogens with zero attached hydrogens (tertiary/aromatic N) is 1. The van der Waals surface area contributed by atoms with Crippen molar-refractivity contribution >= 4 is 38.9 Å². The second-order valence-corrected chi connectivity index (χ2v) is 6.26. The minimum absolute atomic E-state index is 0.0813. The Labute approximate surface area is 125 Å². The van der Waals surface area contributed by atoms with Crippen molar-refractivity contribution < 1.29 is 4.79 Å². The van der Waals surface area contributed by atoms with Gasteiger partial charge in [0.05, 0.1) is 0 Å². The highest BCUT2D eigenvalue weighted by molar-refractivity contribution is 9.10. The standard InChI is InChI=1S/C14H15BrN2OS/c1-17(2)9-10-3-5-11(6-4-10)16-14(18)13-12(15)7-8-19-13/h3-8H,9H2,1-2H3,(H,16,18). The van der Waals surface area contributed by atoms with Crippen molar-refractivity contribution in [3.05, 3.63) is 50.6 Å². The van der Waals surface area contributed by atoms with Crippen LogP contribution in [0.3, 0.4) is 0 Å². The summed E-state index contributed by atoms with van der Waals surface area (Å²) >= 11 is 4.79. The van der Waals surface area contributed by atoms with E-state index in [1.807, 2.05) is 49.8 Å². The van der Waals surface area contributed by atoms with E-state index in [-0.39, 0.29) is 5.91 Å². The minimum Gasteiger partial charge on any atom is -0.321 e. The third kappa shape index (κ3) is 3.89. The maximum absolute atomic E-state index is 12.0. The smallest absolute Gasteiger partial charge is 0.266 e. The van der Waals surface area contributed by atoms with Crippen molar-refractivity contribution in [2.75, 3.05) is 19.4 Å². The molecule has 2 rings (SSSR count). The molecule has 0 bridgehead atoms. The molecule has 1 aromatic heterocycles. The summed E-state index contributed by atoms with van der Waals surface area (Å²) in [6.07, 6.45) is 0. The second kappa shape index (κ2) is 6.32. The van der Waals surface area contributed by atoms with Crippen LogP contribution in [-0.2, 0) is 6.54 Å². The van der Waals surface area contributed by atoms with Gasteiger partial charge in [0.15, 0.2) is 0 Å². The fourth-order valence-electron chi connectivity index (χ4n) is 1.70. The van der Waals surface area contributed by atoms with Crippen molar-refractivity contribution in [2.24, 2.45) is 0 Å². The van der Waals surface area contributed by atoms with Crippen LogP contribution in [0.25, 0.3) is 0 Å². The van der Waals surface area contributed by atoms with E-state index in [0.717, 1.165) is 16.7 Å². The van der Waals surface area contributed by atoms with Crippen LogP contribution < -0.4 is 5.32 Å². The van der Waals surface area contributed by atoms with Gasteiger partial charge in [0.25, 0.3) is 5.91 Å². The first kappa shape index (κ1) is 14.2. The summed E-state index contributed by atoms with van der Waals surface area (Å²) in [4.78, 5) is 14.8. The van der Waals surface area contributed by atoms with E-state index >= 15 is 0 Å². The third-order valence-electron chi connectivity index (χ3n) is 2.53. The van der Waals surface area contributed by atoms with E-state index in [4.69, 9.17) is 0 Å². The molecule has 1 N–H and O–H groups in total. The number of carbonyl (C=O) groups is 1. The van der Waals surface area contributed by atoms with Crippen LogP contribution in [0.1, 0.15) is 15.2 Å². The second-order valence-electron chi connectivity index (χ2n) is 4.49. The summed E-state index contributed by atoms with van der Waals surface area (Å²) in [5, 5.41) is 4.78. The highest BCUT2D eigenvalue weighted by Crippen LogP contribution is 2.23. The molecular formula is C14H15BrN2OS. The van der Waals surface area contributed by atoms with Crippen LogP contribution in [0.4, 0.5) is 5.69 Å². The van der Waals surface area contributed by atoms with Gasteiger partial charge in [0.1, 0.15) is 4.88 Å². The topological polar surface area (TPSA) is 32.3 Å². The first-order chi connectivity index (χ1) is 9.06. The Morgan fingerprint density at radius 3 is 2.47 bits per heavy atom. The molecule has 5 heteroatoms. The summed E-state index contributed by atoms with van der Waals surface area (Å²) < 4.78 is 0.833. The van der Waals surface area contributed by atoms with Gasteiger partial charge in [0, 0.05) is 16.7 Å². The predicted molar refractivity (Wildman–Crippen MR) is 83.8 cm³/mol. The third-order valence-corrected chi connectivity index (χ3v) is 4.37. The fraction of sp³-hybridized carbons (Fsp3) is 0.214. The number of nitrogens with one attached hydrogen (secondary N) is 1. The first-order valence-electron chi connectivity index (χ1n) is 5.84. The number of thiophene rings is 1.